The second-order valence-electron chi connectivity index (χ2n) is 6.04. The van der Waals surface area contributed by atoms with Crippen molar-refractivity contribution in [3.8, 4) is 0 Å². The van der Waals surface area contributed by atoms with E-state index >= 15 is 0 Å². The Kier molecular flexibility index (Phi) is 4.72. The van der Waals surface area contributed by atoms with Crippen LogP contribution in [-0.2, 0) is 31.2 Å². The Balaban J connectivity index is 1.54. The summed E-state index contributed by atoms with van der Waals surface area (Å²) in [7, 11) is 3.83. The number of nitrogens with one attached hydrogen (secondary N) is 1. The number of carbonyl (C=O) groups excluding carboxylic acids is 1. The van der Waals surface area contributed by atoms with E-state index in [-0.39, 0.29) is 5.91 Å². The highest BCUT2D eigenvalue weighted by Crippen LogP contribution is 2.29. The Morgan fingerprint density at radius 1 is 1.35 bits per heavy atom. The molecule has 0 spiro atoms. The molecule has 0 aromatic carbocycles. The maximum absolute atomic E-state index is 12.2. The summed E-state index contributed by atoms with van der Waals surface area (Å²) in [5, 5.41) is 11.8. The van der Waals surface area contributed by atoms with Crippen LogP contribution in [0.25, 0.3) is 0 Å². The quantitative estimate of drug-likeness (QED) is 0.897. The topological polar surface area (TPSA) is 75.9 Å². The third-order valence-corrected chi connectivity index (χ3v) is 5.17. The van der Waals surface area contributed by atoms with Crippen molar-refractivity contribution in [1.29, 1.82) is 0 Å². The van der Waals surface area contributed by atoms with Gasteiger partial charge in [-0.05, 0) is 39.7 Å². The molecule has 0 saturated carbocycles. The van der Waals surface area contributed by atoms with Crippen LogP contribution in [0.1, 0.15) is 35.1 Å². The Morgan fingerprint density at radius 3 is 2.83 bits per heavy atom. The van der Waals surface area contributed by atoms with E-state index in [0.29, 0.717) is 13.1 Å². The lowest BCUT2D eigenvalue weighted by Gasteiger charge is -2.15. The number of fused-ring (bicyclic) bond motifs is 1. The van der Waals surface area contributed by atoms with Gasteiger partial charge in [0.2, 0.25) is 5.91 Å². The van der Waals surface area contributed by atoms with Crippen molar-refractivity contribution in [3.63, 3.8) is 0 Å². The van der Waals surface area contributed by atoms with Crippen LogP contribution in [-0.4, -0.2) is 44.1 Å². The van der Waals surface area contributed by atoms with Crippen molar-refractivity contribution in [3.05, 3.63) is 22.2 Å². The number of amides is 1. The minimum atomic E-state index is -0.0440. The monoisotopic (exact) mass is 334 g/mol. The fourth-order valence-corrected chi connectivity index (χ4v) is 3.76. The molecule has 23 heavy (non-hydrogen) atoms. The van der Waals surface area contributed by atoms with Crippen LogP contribution in [0.5, 0.6) is 0 Å². The lowest BCUT2D eigenvalue weighted by Crippen LogP contribution is -2.30. The van der Waals surface area contributed by atoms with Crippen LogP contribution in [0.2, 0.25) is 0 Å². The molecule has 124 valence electrons. The van der Waals surface area contributed by atoms with Gasteiger partial charge in [-0.15, -0.1) is 21.5 Å². The lowest BCUT2D eigenvalue weighted by atomic mass is 10.0. The Morgan fingerprint density at radius 2 is 2.13 bits per heavy atom. The molecule has 0 bridgehead atoms. The average Bonchev–Trinajstić information content (AvgIpc) is 3.04. The number of anilines is 1. The molecule has 0 fully saturated rings. The molecule has 0 aliphatic heterocycles. The van der Waals surface area contributed by atoms with Crippen LogP contribution >= 0.6 is 11.3 Å². The number of rotatable bonds is 5. The van der Waals surface area contributed by atoms with E-state index in [1.165, 1.54) is 23.4 Å². The molecule has 1 N–H and O–H groups in total. The van der Waals surface area contributed by atoms with Gasteiger partial charge in [0.1, 0.15) is 11.6 Å². The van der Waals surface area contributed by atoms with E-state index in [0.717, 1.165) is 29.6 Å². The van der Waals surface area contributed by atoms with E-state index in [1.54, 1.807) is 11.3 Å². The van der Waals surface area contributed by atoms with Crippen LogP contribution < -0.4 is 5.32 Å². The molecule has 1 aliphatic carbocycles. The number of hydrogen-bond acceptors (Lipinski definition) is 6. The molecule has 0 saturated heterocycles. The molecule has 3 rings (SSSR count). The van der Waals surface area contributed by atoms with Gasteiger partial charge in [0, 0.05) is 11.9 Å². The fraction of sp³-hybridized carbons (Fsp3) is 0.600. The van der Waals surface area contributed by atoms with Gasteiger partial charge in [-0.1, -0.05) is 0 Å². The molecule has 7 nitrogen and oxygen atoms in total. The first-order valence-corrected chi connectivity index (χ1v) is 8.66. The molecule has 0 atom stereocenters. The van der Waals surface area contributed by atoms with Crippen molar-refractivity contribution >= 4 is 22.4 Å². The maximum Gasteiger partial charge on any atom is 0.240 e. The highest BCUT2D eigenvalue weighted by Gasteiger charge is 2.17. The third kappa shape index (κ3) is 3.76. The Hall–Kier alpha value is -1.80. The molecule has 1 amide bonds. The van der Waals surface area contributed by atoms with Crippen molar-refractivity contribution in [2.45, 2.75) is 39.2 Å². The first kappa shape index (κ1) is 16.1. The number of carbonyl (C=O) groups is 1. The van der Waals surface area contributed by atoms with Gasteiger partial charge in [0.15, 0.2) is 5.13 Å². The van der Waals surface area contributed by atoms with Gasteiger partial charge >= 0.3 is 0 Å². The predicted molar refractivity (Wildman–Crippen MR) is 89.5 cm³/mol. The van der Waals surface area contributed by atoms with E-state index in [9.17, 15) is 4.79 Å². The summed E-state index contributed by atoms with van der Waals surface area (Å²) < 4.78 is 1.93. The van der Waals surface area contributed by atoms with Gasteiger partial charge < -0.3 is 9.88 Å². The van der Waals surface area contributed by atoms with Crippen LogP contribution in [0, 0.1) is 6.92 Å². The highest BCUT2D eigenvalue weighted by molar-refractivity contribution is 7.15. The molecular weight excluding hydrogens is 312 g/mol. The summed E-state index contributed by atoms with van der Waals surface area (Å²) in [5.41, 5.74) is 1.17. The zero-order valence-corrected chi connectivity index (χ0v) is 14.6. The zero-order valence-electron chi connectivity index (χ0n) is 13.8. The van der Waals surface area contributed by atoms with Crippen LogP contribution in [0.15, 0.2) is 0 Å². The molecule has 0 radical (unpaired) electrons. The molecule has 2 aromatic rings. The third-order valence-electron chi connectivity index (χ3n) is 4.10. The van der Waals surface area contributed by atoms with Crippen molar-refractivity contribution in [2.75, 3.05) is 18.9 Å². The van der Waals surface area contributed by atoms with E-state index in [1.807, 2.05) is 30.5 Å². The summed E-state index contributed by atoms with van der Waals surface area (Å²) in [6.45, 7) is 2.79. The smallest absolute Gasteiger partial charge is 0.240 e. The molecular formula is C15H22N6OS. The number of aromatic nitrogens is 4. The van der Waals surface area contributed by atoms with E-state index < -0.39 is 0 Å². The second-order valence-corrected chi connectivity index (χ2v) is 7.12. The molecule has 2 heterocycles. The van der Waals surface area contributed by atoms with Crippen LogP contribution in [0.4, 0.5) is 5.13 Å². The number of nitrogens with zero attached hydrogens (tertiary/aromatic N) is 5. The molecule has 8 heteroatoms. The standard InChI is InChI=1S/C15H22N6OS/c1-10-18-19-13(21(10)3)8-20(2)9-14(22)17-15-16-11-6-4-5-7-12(11)23-15/h4-9H2,1-3H3,(H,16,17,22). The highest BCUT2D eigenvalue weighted by atomic mass is 32.1. The molecule has 0 unspecified atom stereocenters. The minimum Gasteiger partial charge on any atom is -0.317 e. The second kappa shape index (κ2) is 6.76. The minimum absolute atomic E-state index is 0.0440. The van der Waals surface area contributed by atoms with Gasteiger partial charge in [-0.3, -0.25) is 9.69 Å². The number of aryl methyl sites for hydroxylation is 3. The number of likely N-dealkylation sites (N-methyl/N-ethyl adjacent to an activating group) is 1. The number of thiazole rings is 1. The largest absolute Gasteiger partial charge is 0.317 e. The lowest BCUT2D eigenvalue weighted by molar-refractivity contribution is -0.117. The van der Waals surface area contributed by atoms with Gasteiger partial charge in [-0.25, -0.2) is 4.98 Å². The van der Waals surface area contributed by atoms with Gasteiger partial charge in [0.05, 0.1) is 18.8 Å². The Bertz CT molecular complexity index is 683. The molecule has 1 aliphatic rings. The average molecular weight is 334 g/mol. The van der Waals surface area contributed by atoms with Crippen molar-refractivity contribution in [1.82, 2.24) is 24.6 Å². The normalized spacial score (nSPS) is 14.1. The van der Waals surface area contributed by atoms with E-state index in [4.69, 9.17) is 0 Å². The first-order valence-electron chi connectivity index (χ1n) is 7.85. The van der Waals surface area contributed by atoms with Gasteiger partial charge in [0.25, 0.3) is 0 Å². The number of hydrogen-bond donors (Lipinski definition) is 1. The zero-order chi connectivity index (χ0) is 16.4. The predicted octanol–water partition coefficient (Wildman–Crippen LogP) is 1.53. The SMILES string of the molecule is Cc1nnc(CN(C)CC(=O)Nc2nc3c(s2)CCCC3)n1C. The Labute approximate surface area is 139 Å². The summed E-state index contributed by atoms with van der Waals surface area (Å²) >= 11 is 1.61. The maximum atomic E-state index is 12.2. The molecule has 2 aromatic heterocycles. The van der Waals surface area contributed by atoms with Crippen LogP contribution in [0.3, 0.4) is 0 Å². The summed E-state index contributed by atoms with van der Waals surface area (Å²) in [5.74, 6) is 1.67. The van der Waals surface area contributed by atoms with Crippen molar-refractivity contribution < 1.29 is 4.79 Å². The fourth-order valence-electron chi connectivity index (χ4n) is 2.70. The first-order chi connectivity index (χ1) is 11.0. The van der Waals surface area contributed by atoms with Gasteiger partial charge in [-0.2, -0.15) is 0 Å². The van der Waals surface area contributed by atoms with E-state index in [2.05, 4.69) is 20.5 Å². The van der Waals surface area contributed by atoms with Crippen molar-refractivity contribution in [2.24, 2.45) is 7.05 Å². The summed E-state index contributed by atoms with van der Waals surface area (Å²) in [4.78, 5) is 20.0. The summed E-state index contributed by atoms with van der Waals surface area (Å²) in [6.07, 6.45) is 4.55. The summed E-state index contributed by atoms with van der Waals surface area (Å²) in [6, 6.07) is 0.